The highest BCUT2D eigenvalue weighted by molar-refractivity contribution is 5.22. The van der Waals surface area contributed by atoms with E-state index in [0.29, 0.717) is 38.5 Å². The molecule has 6 aliphatic rings. The van der Waals surface area contributed by atoms with Crippen molar-refractivity contribution < 1.29 is 75.1 Å². The minimum Gasteiger partial charge on any atom is -0.394 e. The molecule has 6 fully saturated rings. The van der Waals surface area contributed by atoms with Crippen molar-refractivity contribution in [3.8, 4) is 0 Å². The van der Waals surface area contributed by atoms with Crippen LogP contribution in [0.1, 0.15) is 114 Å². The summed E-state index contributed by atoms with van der Waals surface area (Å²) in [7, 11) is 0. The second kappa shape index (κ2) is 15.6. The molecular formula is C42H74O15. The minimum absolute atomic E-state index is 0.0318. The fraction of sp³-hybridized carbons (Fsp3) is 1.00. The van der Waals surface area contributed by atoms with Gasteiger partial charge in [0, 0.05) is 0 Å². The van der Waals surface area contributed by atoms with Crippen molar-refractivity contribution in [2.75, 3.05) is 6.61 Å². The van der Waals surface area contributed by atoms with Crippen LogP contribution in [0.4, 0.5) is 0 Å². The number of ether oxygens (including phenoxy) is 4. The van der Waals surface area contributed by atoms with E-state index < -0.39 is 125 Å². The van der Waals surface area contributed by atoms with E-state index in [1.807, 2.05) is 13.8 Å². The van der Waals surface area contributed by atoms with Crippen molar-refractivity contribution in [1.82, 2.24) is 0 Å². The second-order valence-electron chi connectivity index (χ2n) is 21.2. The maximum Gasteiger partial charge on any atom is 0.187 e. The number of hydrogen-bond acceptors (Lipinski definition) is 15. The van der Waals surface area contributed by atoms with Gasteiger partial charge in [-0.15, -0.1) is 0 Å². The maximum absolute atomic E-state index is 12.3. The van der Waals surface area contributed by atoms with Crippen LogP contribution in [0, 0.1) is 45.3 Å². The SMILES string of the molecule is C[C@@H]1O[C@@H](O[C@H]2[C@H](O[C@H]3C[C@]4(C)[C@H](C[C@@H](O)[C@@H]5[C@@H]([C@@](C)(O)CCC(O)C(C)(C)O)CC[C@]54C)[C@@]4(C)CC[C@H](O)C(C)(C)[C@H]34)O[C@H](CO)[C@@H](O)[C@@H]2O)[C@H](O)[C@H](O)[C@H]1O. The second-order valence-corrected chi connectivity index (χ2v) is 21.2. The molecule has 2 saturated heterocycles. The van der Waals surface area contributed by atoms with E-state index in [-0.39, 0.29) is 36.5 Å². The summed E-state index contributed by atoms with van der Waals surface area (Å²) in [5, 5.41) is 121. The van der Waals surface area contributed by atoms with Crippen molar-refractivity contribution >= 4 is 0 Å². The Hall–Kier alpha value is -0.600. The number of hydrogen-bond donors (Lipinski definition) is 11. The van der Waals surface area contributed by atoms with E-state index in [1.165, 1.54) is 20.8 Å². The van der Waals surface area contributed by atoms with Crippen LogP contribution >= 0.6 is 0 Å². The molecule has 332 valence electrons. The zero-order chi connectivity index (χ0) is 42.6. The van der Waals surface area contributed by atoms with Gasteiger partial charge < -0.3 is 75.1 Å². The molecule has 15 nitrogen and oxygen atoms in total. The molecule has 57 heavy (non-hydrogen) atoms. The molecule has 1 unspecified atom stereocenters. The van der Waals surface area contributed by atoms with Crippen LogP contribution in [0.25, 0.3) is 0 Å². The first-order valence-electron chi connectivity index (χ1n) is 21.3. The van der Waals surface area contributed by atoms with Crippen LogP contribution in [0.5, 0.6) is 0 Å². The Balaban J connectivity index is 1.37. The molecule has 4 saturated carbocycles. The summed E-state index contributed by atoms with van der Waals surface area (Å²) in [6, 6.07) is 0. The van der Waals surface area contributed by atoms with E-state index in [0.717, 1.165) is 0 Å². The Bertz CT molecular complexity index is 1410. The van der Waals surface area contributed by atoms with Gasteiger partial charge in [0.05, 0.1) is 48.3 Å². The first kappa shape index (κ1) is 45.9. The Morgan fingerprint density at radius 2 is 1.42 bits per heavy atom. The topological polar surface area (TPSA) is 259 Å². The lowest BCUT2D eigenvalue weighted by Gasteiger charge is -2.72. The first-order chi connectivity index (χ1) is 26.2. The molecule has 0 aromatic heterocycles. The van der Waals surface area contributed by atoms with Crippen molar-refractivity contribution in [3.63, 3.8) is 0 Å². The van der Waals surface area contributed by atoms with Crippen LogP contribution in [-0.2, 0) is 18.9 Å². The van der Waals surface area contributed by atoms with Crippen LogP contribution in [0.3, 0.4) is 0 Å². The highest BCUT2D eigenvalue weighted by Crippen LogP contribution is 2.76. The minimum atomic E-state index is -1.72. The largest absolute Gasteiger partial charge is 0.394 e. The molecular weight excluding hydrogens is 744 g/mol. The molecule has 0 amide bonds. The number of rotatable bonds is 10. The normalized spacial score (nSPS) is 52.9. The predicted octanol–water partition coefficient (Wildman–Crippen LogP) is 0.313. The van der Waals surface area contributed by atoms with Crippen LogP contribution < -0.4 is 0 Å². The molecule has 2 heterocycles. The summed E-state index contributed by atoms with van der Waals surface area (Å²) < 4.78 is 25.1. The maximum atomic E-state index is 12.3. The molecule has 0 aromatic carbocycles. The summed E-state index contributed by atoms with van der Waals surface area (Å²) in [4.78, 5) is 0. The Labute approximate surface area is 337 Å². The monoisotopic (exact) mass is 819 g/mol. The zero-order valence-corrected chi connectivity index (χ0v) is 35.3. The van der Waals surface area contributed by atoms with Crippen molar-refractivity contribution in [1.29, 1.82) is 0 Å². The van der Waals surface area contributed by atoms with Gasteiger partial charge in [-0.2, -0.15) is 0 Å². The molecule has 2 aliphatic heterocycles. The lowest BCUT2D eigenvalue weighted by molar-refractivity contribution is -0.382. The van der Waals surface area contributed by atoms with Gasteiger partial charge in [0.25, 0.3) is 0 Å². The van der Waals surface area contributed by atoms with Crippen molar-refractivity contribution in [2.45, 2.75) is 211 Å². The fourth-order valence-corrected chi connectivity index (χ4v) is 13.4. The zero-order valence-electron chi connectivity index (χ0n) is 35.3. The van der Waals surface area contributed by atoms with Crippen LogP contribution in [0.15, 0.2) is 0 Å². The third-order valence-electron chi connectivity index (χ3n) is 17.0. The standard InChI is InChI=1S/C42H74O15/c1-19-28(47)30(49)32(51)35(54-19)57-33-31(50)29(48)23(18-43)56-36(33)55-22-17-41(8)24(39(6)13-11-25(45)37(2,3)34(22)39)16-21(44)27-20(10-14-40(27,41)7)42(9,53)15-12-26(46)38(4,5)52/h19-36,43-53H,10-18H2,1-9H3/t19-,20-,21+,22-,23+,24+,25-,26?,27-,28-,29+,30+,31-,32+,33+,34-,35-,36+,39+,40+,41+,42-/m0/s1. The lowest BCUT2D eigenvalue weighted by Crippen LogP contribution is -2.71. The van der Waals surface area contributed by atoms with Crippen molar-refractivity contribution in [3.05, 3.63) is 0 Å². The molecule has 0 radical (unpaired) electrons. The van der Waals surface area contributed by atoms with Crippen molar-refractivity contribution in [2.24, 2.45) is 45.3 Å². The third-order valence-corrected chi connectivity index (χ3v) is 17.0. The Kier molecular flexibility index (Phi) is 12.6. The van der Waals surface area contributed by atoms with E-state index in [1.54, 1.807) is 6.92 Å². The van der Waals surface area contributed by atoms with Gasteiger partial charge in [-0.1, -0.05) is 34.6 Å². The average molecular weight is 819 g/mol. The number of fused-ring (bicyclic) bond motifs is 5. The Morgan fingerprint density at radius 1 is 0.772 bits per heavy atom. The molecule has 22 atom stereocenters. The highest BCUT2D eigenvalue weighted by atomic mass is 16.8. The third kappa shape index (κ3) is 7.47. The van der Waals surface area contributed by atoms with Gasteiger partial charge >= 0.3 is 0 Å². The predicted molar refractivity (Wildman–Crippen MR) is 204 cm³/mol. The quantitative estimate of drug-likeness (QED) is 0.133. The molecule has 6 rings (SSSR count). The smallest absolute Gasteiger partial charge is 0.187 e. The van der Waals surface area contributed by atoms with E-state index in [4.69, 9.17) is 18.9 Å². The fourth-order valence-electron chi connectivity index (χ4n) is 13.4. The molecule has 4 aliphatic carbocycles. The first-order valence-corrected chi connectivity index (χ1v) is 21.3. The van der Waals surface area contributed by atoms with Crippen LogP contribution in [0.2, 0.25) is 0 Å². The van der Waals surface area contributed by atoms with E-state index in [9.17, 15) is 56.2 Å². The summed E-state index contributed by atoms with van der Waals surface area (Å²) in [6.45, 7) is 16.4. The molecule has 0 spiro atoms. The van der Waals surface area contributed by atoms with Gasteiger partial charge in [-0.3, -0.25) is 0 Å². The van der Waals surface area contributed by atoms with E-state index in [2.05, 4.69) is 20.8 Å². The van der Waals surface area contributed by atoms with E-state index >= 15 is 0 Å². The van der Waals surface area contributed by atoms with Gasteiger partial charge in [-0.25, -0.2) is 0 Å². The molecule has 0 aromatic rings. The van der Waals surface area contributed by atoms with Gasteiger partial charge in [0.2, 0.25) is 0 Å². The molecule has 15 heteroatoms. The summed E-state index contributed by atoms with van der Waals surface area (Å²) in [6.07, 6.45) is -14.1. The van der Waals surface area contributed by atoms with Gasteiger partial charge in [-0.05, 0) is 124 Å². The molecule has 11 N–H and O–H groups in total. The Morgan fingerprint density at radius 3 is 2.04 bits per heavy atom. The number of aliphatic hydroxyl groups is 11. The average Bonchev–Trinajstić information content (AvgIpc) is 3.51. The summed E-state index contributed by atoms with van der Waals surface area (Å²) >= 11 is 0. The summed E-state index contributed by atoms with van der Waals surface area (Å²) in [5.74, 6) is -0.978. The highest BCUT2D eigenvalue weighted by Gasteiger charge is 2.73. The van der Waals surface area contributed by atoms with Gasteiger partial charge in [0.1, 0.15) is 42.7 Å². The molecule has 0 bridgehead atoms. The van der Waals surface area contributed by atoms with Crippen LogP contribution in [-0.4, -0.2) is 160 Å². The summed E-state index contributed by atoms with van der Waals surface area (Å²) in [5.41, 5.74) is -4.82. The lowest BCUT2D eigenvalue weighted by atomic mass is 9.34. The van der Waals surface area contributed by atoms with Gasteiger partial charge in [0.15, 0.2) is 12.6 Å². The number of aliphatic hydroxyl groups excluding tert-OH is 9.